The average Bonchev–Trinajstić information content (AvgIpc) is 2.90. The first-order chi connectivity index (χ1) is 13.7. The molecule has 4 rings (SSSR count). The predicted octanol–water partition coefficient (Wildman–Crippen LogP) is 7.31. The number of hydrogen-bond donors (Lipinski definition) is 0. The van der Waals surface area contributed by atoms with Gasteiger partial charge < -0.3 is 0 Å². The van der Waals surface area contributed by atoms with Crippen LogP contribution in [0, 0.1) is 0 Å². The van der Waals surface area contributed by atoms with Crippen LogP contribution in [0.1, 0.15) is 66.5 Å². The quantitative estimate of drug-likeness (QED) is 0.443. The van der Waals surface area contributed by atoms with Crippen LogP contribution >= 0.6 is 0 Å². The number of aryl methyl sites for hydroxylation is 3. The van der Waals surface area contributed by atoms with E-state index in [0.29, 0.717) is 5.92 Å². The van der Waals surface area contributed by atoms with Crippen LogP contribution in [-0.4, -0.2) is 0 Å². The molecular formula is C28H32. The van der Waals surface area contributed by atoms with E-state index in [-0.39, 0.29) is 0 Å². The van der Waals surface area contributed by atoms with Crippen LogP contribution in [0.25, 0.3) is 11.1 Å². The molecule has 1 atom stereocenters. The Kier molecular flexibility index (Phi) is 5.67. The van der Waals surface area contributed by atoms with E-state index in [2.05, 4.69) is 81.4 Å². The Bertz CT molecular complexity index is 964. The fraction of sp³-hybridized carbons (Fsp3) is 0.357. The number of fused-ring (bicyclic) bond motifs is 3. The van der Waals surface area contributed by atoms with E-state index in [0.717, 1.165) is 25.7 Å². The summed E-state index contributed by atoms with van der Waals surface area (Å²) in [5.74, 6) is 0.551. The van der Waals surface area contributed by atoms with Crippen molar-refractivity contribution in [1.82, 2.24) is 0 Å². The summed E-state index contributed by atoms with van der Waals surface area (Å²) in [6.07, 6.45) is 6.89. The predicted molar refractivity (Wildman–Crippen MR) is 121 cm³/mol. The highest BCUT2D eigenvalue weighted by molar-refractivity contribution is 5.72. The van der Waals surface area contributed by atoms with Crippen molar-refractivity contribution >= 4 is 0 Å². The molecule has 1 aliphatic carbocycles. The van der Waals surface area contributed by atoms with Gasteiger partial charge in [0.15, 0.2) is 0 Å². The summed E-state index contributed by atoms with van der Waals surface area (Å²) >= 11 is 0. The highest BCUT2D eigenvalue weighted by Crippen LogP contribution is 2.39. The third-order valence-corrected chi connectivity index (χ3v) is 6.41. The Morgan fingerprint density at radius 3 is 2.25 bits per heavy atom. The Morgan fingerprint density at radius 1 is 0.714 bits per heavy atom. The first-order valence-electron chi connectivity index (χ1n) is 11.0. The van der Waals surface area contributed by atoms with Gasteiger partial charge in [0.2, 0.25) is 0 Å². The standard InChI is InChI=1S/C28H32/c1-4-9-20-12-15-28-26(16-20)19-25(18-24-10-7-8-11-27(24)28)23-14-13-21(5-2)22(6-3)17-23/h7-8,10-17,25H,4-6,9,18-19H2,1-3H3. The SMILES string of the molecule is CCCc1ccc2c(c1)CC(c1ccc(CC)c(CC)c1)Cc1ccccc1-2. The average molecular weight is 369 g/mol. The fourth-order valence-electron chi connectivity index (χ4n) is 4.90. The van der Waals surface area contributed by atoms with Gasteiger partial charge in [-0.3, -0.25) is 0 Å². The molecule has 0 amide bonds. The zero-order valence-corrected chi connectivity index (χ0v) is 17.6. The second kappa shape index (κ2) is 8.35. The summed E-state index contributed by atoms with van der Waals surface area (Å²) < 4.78 is 0. The lowest BCUT2D eigenvalue weighted by atomic mass is 9.86. The van der Waals surface area contributed by atoms with Gasteiger partial charge in [-0.1, -0.05) is 87.9 Å². The molecule has 0 heterocycles. The molecule has 0 nitrogen and oxygen atoms in total. The maximum atomic E-state index is 2.49. The summed E-state index contributed by atoms with van der Waals surface area (Å²) in [5.41, 5.74) is 11.9. The van der Waals surface area contributed by atoms with Crippen LogP contribution in [0.4, 0.5) is 0 Å². The summed E-state index contributed by atoms with van der Waals surface area (Å²) in [5, 5.41) is 0. The van der Waals surface area contributed by atoms with E-state index in [1.54, 1.807) is 0 Å². The van der Waals surface area contributed by atoms with Gasteiger partial charge in [-0.2, -0.15) is 0 Å². The van der Waals surface area contributed by atoms with Crippen molar-refractivity contribution in [2.45, 2.75) is 65.2 Å². The molecule has 0 heteroatoms. The molecule has 0 N–H and O–H groups in total. The van der Waals surface area contributed by atoms with E-state index in [1.807, 2.05) is 0 Å². The number of hydrogen-bond acceptors (Lipinski definition) is 0. The van der Waals surface area contributed by atoms with Crippen molar-refractivity contribution in [3.05, 3.63) is 94.0 Å². The van der Waals surface area contributed by atoms with Crippen molar-refractivity contribution in [3.8, 4) is 11.1 Å². The molecular weight excluding hydrogens is 336 g/mol. The van der Waals surface area contributed by atoms with Gasteiger partial charge in [-0.05, 0) is 82.5 Å². The molecule has 0 bridgehead atoms. The van der Waals surface area contributed by atoms with E-state index in [9.17, 15) is 0 Å². The summed E-state index contributed by atoms with van der Waals surface area (Å²) in [7, 11) is 0. The molecule has 0 spiro atoms. The maximum Gasteiger partial charge on any atom is -0.00805 e. The molecule has 0 radical (unpaired) electrons. The molecule has 144 valence electrons. The van der Waals surface area contributed by atoms with Gasteiger partial charge in [0.25, 0.3) is 0 Å². The Morgan fingerprint density at radius 2 is 1.46 bits per heavy atom. The molecule has 0 aromatic heterocycles. The molecule has 3 aromatic carbocycles. The van der Waals surface area contributed by atoms with Crippen molar-refractivity contribution in [3.63, 3.8) is 0 Å². The lowest BCUT2D eigenvalue weighted by Gasteiger charge is -2.19. The van der Waals surface area contributed by atoms with Crippen LogP contribution in [0.15, 0.2) is 60.7 Å². The molecule has 1 aliphatic rings. The van der Waals surface area contributed by atoms with Gasteiger partial charge in [0.1, 0.15) is 0 Å². The second-order valence-electron chi connectivity index (χ2n) is 8.24. The van der Waals surface area contributed by atoms with E-state index < -0.39 is 0 Å². The van der Waals surface area contributed by atoms with Crippen molar-refractivity contribution in [1.29, 1.82) is 0 Å². The van der Waals surface area contributed by atoms with Crippen molar-refractivity contribution in [2.24, 2.45) is 0 Å². The van der Waals surface area contributed by atoms with Crippen molar-refractivity contribution in [2.75, 3.05) is 0 Å². The van der Waals surface area contributed by atoms with Crippen molar-refractivity contribution < 1.29 is 0 Å². The topological polar surface area (TPSA) is 0 Å². The largest absolute Gasteiger partial charge is 0.0651 e. The molecule has 3 aromatic rings. The Labute approximate surface area is 170 Å². The van der Waals surface area contributed by atoms with Crippen LogP contribution in [-0.2, 0) is 32.1 Å². The Hall–Kier alpha value is -2.34. The molecule has 0 aliphatic heterocycles. The zero-order valence-electron chi connectivity index (χ0n) is 17.6. The minimum atomic E-state index is 0.551. The highest BCUT2D eigenvalue weighted by atomic mass is 14.3. The molecule has 28 heavy (non-hydrogen) atoms. The lowest BCUT2D eigenvalue weighted by Crippen LogP contribution is -2.07. The van der Waals surface area contributed by atoms with Gasteiger partial charge in [-0.15, -0.1) is 0 Å². The fourth-order valence-corrected chi connectivity index (χ4v) is 4.90. The van der Waals surface area contributed by atoms with Crippen LogP contribution in [0.5, 0.6) is 0 Å². The van der Waals surface area contributed by atoms with Crippen LogP contribution < -0.4 is 0 Å². The third-order valence-electron chi connectivity index (χ3n) is 6.41. The third kappa shape index (κ3) is 3.65. The minimum absolute atomic E-state index is 0.551. The molecule has 0 saturated heterocycles. The first kappa shape index (κ1) is 19.0. The molecule has 0 saturated carbocycles. The van der Waals surface area contributed by atoms with Crippen LogP contribution in [0.2, 0.25) is 0 Å². The summed E-state index contributed by atoms with van der Waals surface area (Å²) in [4.78, 5) is 0. The second-order valence-corrected chi connectivity index (χ2v) is 8.24. The van der Waals surface area contributed by atoms with E-state index in [1.165, 1.54) is 57.3 Å². The summed E-state index contributed by atoms with van der Waals surface area (Å²) in [6.45, 7) is 6.82. The van der Waals surface area contributed by atoms with Gasteiger partial charge in [0.05, 0.1) is 0 Å². The van der Waals surface area contributed by atoms with E-state index in [4.69, 9.17) is 0 Å². The first-order valence-corrected chi connectivity index (χ1v) is 11.0. The van der Waals surface area contributed by atoms with Crippen LogP contribution in [0.3, 0.4) is 0 Å². The summed E-state index contributed by atoms with van der Waals surface area (Å²) in [6, 6.07) is 23.5. The highest BCUT2D eigenvalue weighted by Gasteiger charge is 2.23. The Balaban J connectivity index is 1.80. The van der Waals surface area contributed by atoms with Gasteiger partial charge >= 0.3 is 0 Å². The maximum absolute atomic E-state index is 2.49. The smallest absolute Gasteiger partial charge is 0.00805 e. The lowest BCUT2D eigenvalue weighted by molar-refractivity contribution is 0.686. The number of rotatable bonds is 5. The normalized spacial score (nSPS) is 15.6. The zero-order chi connectivity index (χ0) is 19.5. The van der Waals surface area contributed by atoms with Gasteiger partial charge in [-0.25, -0.2) is 0 Å². The van der Waals surface area contributed by atoms with Gasteiger partial charge in [0, 0.05) is 0 Å². The van der Waals surface area contributed by atoms with E-state index >= 15 is 0 Å². The monoisotopic (exact) mass is 368 g/mol. The molecule has 1 unspecified atom stereocenters. The number of benzene rings is 3. The molecule has 0 fully saturated rings. The minimum Gasteiger partial charge on any atom is -0.0651 e.